The molecule has 1 aliphatic carbocycles. The molecule has 1 N–H and O–H groups in total. The number of carbonyl (C=O) groups excluding carboxylic acids is 1. The van der Waals surface area contributed by atoms with Crippen molar-refractivity contribution in [1.82, 2.24) is 15.1 Å². The number of rotatable bonds is 4. The van der Waals surface area contributed by atoms with Crippen molar-refractivity contribution in [3.8, 4) is 5.69 Å². The number of nitrogens with one attached hydrogen (secondary N) is 1. The Bertz CT molecular complexity index is 830. The summed E-state index contributed by atoms with van der Waals surface area (Å²) in [6.45, 7) is 3.89. The van der Waals surface area contributed by atoms with Crippen LogP contribution in [0.25, 0.3) is 5.69 Å². The van der Waals surface area contributed by atoms with E-state index in [0.29, 0.717) is 29.1 Å². The fourth-order valence-electron chi connectivity index (χ4n) is 3.76. The van der Waals surface area contributed by atoms with Crippen LogP contribution in [-0.4, -0.2) is 27.9 Å². The SMILES string of the molecule is CC(C)c1c(C(=O)NC2CCCC(C(F)(F)F)C2)cnn1-c1ccc(Cl)cc1. The minimum atomic E-state index is -4.22. The first-order chi connectivity index (χ1) is 13.2. The minimum absolute atomic E-state index is 0.00629. The van der Waals surface area contributed by atoms with Crippen LogP contribution in [0.4, 0.5) is 13.2 Å². The van der Waals surface area contributed by atoms with E-state index in [0.717, 1.165) is 5.69 Å². The summed E-state index contributed by atoms with van der Waals surface area (Å²) in [6, 6.07) is 6.60. The lowest BCUT2D eigenvalue weighted by Gasteiger charge is -2.31. The highest BCUT2D eigenvalue weighted by Crippen LogP contribution is 2.37. The van der Waals surface area contributed by atoms with Gasteiger partial charge in [-0.15, -0.1) is 0 Å². The van der Waals surface area contributed by atoms with Gasteiger partial charge in [0.1, 0.15) is 0 Å². The number of benzene rings is 1. The summed E-state index contributed by atoms with van der Waals surface area (Å²) in [5, 5.41) is 7.73. The van der Waals surface area contributed by atoms with Gasteiger partial charge in [-0.05, 0) is 49.4 Å². The number of nitrogens with zero attached hydrogens (tertiary/aromatic N) is 2. The lowest BCUT2D eigenvalue weighted by Crippen LogP contribution is -2.41. The van der Waals surface area contributed by atoms with Gasteiger partial charge in [-0.2, -0.15) is 18.3 Å². The molecule has 1 heterocycles. The normalized spacial score (nSPS) is 20.4. The van der Waals surface area contributed by atoms with Crippen LogP contribution in [0.15, 0.2) is 30.5 Å². The number of carbonyl (C=O) groups is 1. The summed E-state index contributed by atoms with van der Waals surface area (Å²) in [5.74, 6) is -1.74. The van der Waals surface area contributed by atoms with Crippen LogP contribution in [0.5, 0.6) is 0 Å². The fraction of sp³-hybridized carbons (Fsp3) is 0.500. The summed E-state index contributed by atoms with van der Waals surface area (Å²) in [4.78, 5) is 12.8. The molecule has 1 aliphatic rings. The quantitative estimate of drug-likeness (QED) is 0.719. The molecule has 1 aromatic heterocycles. The summed E-state index contributed by atoms with van der Waals surface area (Å²) in [5.41, 5.74) is 1.86. The zero-order valence-electron chi connectivity index (χ0n) is 15.8. The standard InChI is InChI=1S/C20H23ClF3N3O/c1-12(2)18-17(11-25-27(18)16-8-6-14(21)7-9-16)19(28)26-15-5-3-4-13(10-15)20(22,23)24/h6-9,11-13,15H,3-5,10H2,1-2H3,(H,26,28). The Labute approximate surface area is 167 Å². The van der Waals surface area contributed by atoms with Crippen LogP contribution in [0.1, 0.15) is 61.5 Å². The molecule has 1 fully saturated rings. The van der Waals surface area contributed by atoms with Crippen molar-refractivity contribution < 1.29 is 18.0 Å². The summed E-state index contributed by atoms with van der Waals surface area (Å²) in [7, 11) is 0. The van der Waals surface area contributed by atoms with E-state index in [-0.39, 0.29) is 24.7 Å². The molecule has 3 rings (SSSR count). The number of hydrogen-bond acceptors (Lipinski definition) is 2. The third-order valence-corrected chi connectivity index (χ3v) is 5.39. The van der Waals surface area contributed by atoms with Crippen LogP contribution in [0, 0.1) is 5.92 Å². The Morgan fingerprint density at radius 1 is 1.25 bits per heavy atom. The van der Waals surface area contributed by atoms with Gasteiger partial charge in [0.2, 0.25) is 0 Å². The fourth-order valence-corrected chi connectivity index (χ4v) is 3.88. The van der Waals surface area contributed by atoms with Crippen molar-refractivity contribution in [3.05, 3.63) is 46.7 Å². The van der Waals surface area contributed by atoms with Gasteiger partial charge in [-0.25, -0.2) is 4.68 Å². The molecule has 1 amide bonds. The molecule has 2 unspecified atom stereocenters. The Hall–Kier alpha value is -2.02. The molecule has 4 nitrogen and oxygen atoms in total. The predicted molar refractivity (Wildman–Crippen MR) is 102 cm³/mol. The molecule has 0 aliphatic heterocycles. The molecule has 0 bridgehead atoms. The van der Waals surface area contributed by atoms with Gasteiger partial charge in [-0.3, -0.25) is 4.79 Å². The highest BCUT2D eigenvalue weighted by atomic mass is 35.5. The van der Waals surface area contributed by atoms with E-state index < -0.39 is 18.1 Å². The molecule has 0 radical (unpaired) electrons. The molecule has 28 heavy (non-hydrogen) atoms. The highest BCUT2D eigenvalue weighted by molar-refractivity contribution is 6.30. The maximum Gasteiger partial charge on any atom is 0.391 e. The van der Waals surface area contributed by atoms with Crippen molar-refractivity contribution >= 4 is 17.5 Å². The van der Waals surface area contributed by atoms with Gasteiger partial charge < -0.3 is 5.32 Å². The lowest BCUT2D eigenvalue weighted by molar-refractivity contribution is -0.183. The lowest BCUT2D eigenvalue weighted by atomic mass is 9.85. The predicted octanol–water partition coefficient (Wildman–Crippen LogP) is 5.50. The van der Waals surface area contributed by atoms with Crippen LogP contribution < -0.4 is 5.32 Å². The molecule has 2 atom stereocenters. The molecule has 8 heteroatoms. The van der Waals surface area contributed by atoms with Crippen molar-refractivity contribution in [2.45, 2.75) is 57.7 Å². The Kier molecular flexibility index (Phi) is 6.03. The van der Waals surface area contributed by atoms with Crippen LogP contribution in [0.3, 0.4) is 0 Å². The Morgan fingerprint density at radius 3 is 2.54 bits per heavy atom. The zero-order chi connectivity index (χ0) is 20.5. The van der Waals surface area contributed by atoms with Gasteiger partial charge in [-0.1, -0.05) is 31.9 Å². The van der Waals surface area contributed by atoms with Crippen molar-refractivity contribution in [3.63, 3.8) is 0 Å². The Balaban J connectivity index is 1.81. The molecule has 0 saturated heterocycles. The van der Waals surface area contributed by atoms with Crippen LogP contribution >= 0.6 is 11.6 Å². The van der Waals surface area contributed by atoms with Gasteiger partial charge in [0.15, 0.2) is 0 Å². The monoisotopic (exact) mass is 413 g/mol. The molecule has 0 spiro atoms. The number of hydrogen-bond donors (Lipinski definition) is 1. The van der Waals surface area contributed by atoms with E-state index in [9.17, 15) is 18.0 Å². The molecule has 2 aromatic rings. The van der Waals surface area contributed by atoms with E-state index in [1.807, 2.05) is 13.8 Å². The zero-order valence-corrected chi connectivity index (χ0v) is 16.5. The van der Waals surface area contributed by atoms with Gasteiger partial charge >= 0.3 is 6.18 Å². The van der Waals surface area contributed by atoms with Crippen molar-refractivity contribution in [1.29, 1.82) is 0 Å². The number of halogens is 4. The minimum Gasteiger partial charge on any atom is -0.349 e. The topological polar surface area (TPSA) is 46.9 Å². The van der Waals surface area contributed by atoms with Crippen LogP contribution in [0.2, 0.25) is 5.02 Å². The average Bonchev–Trinajstić information content (AvgIpc) is 3.07. The second kappa shape index (κ2) is 8.15. The number of aromatic nitrogens is 2. The second-order valence-corrected chi connectivity index (χ2v) is 8.00. The van der Waals surface area contributed by atoms with Gasteiger partial charge in [0.05, 0.1) is 29.1 Å². The molecule has 152 valence electrons. The molecular weight excluding hydrogens is 391 g/mol. The maximum absolute atomic E-state index is 13.0. The smallest absolute Gasteiger partial charge is 0.349 e. The first-order valence-corrected chi connectivity index (χ1v) is 9.76. The Morgan fingerprint density at radius 2 is 1.93 bits per heavy atom. The van der Waals surface area contributed by atoms with E-state index in [1.165, 1.54) is 6.20 Å². The van der Waals surface area contributed by atoms with Crippen molar-refractivity contribution in [2.75, 3.05) is 0 Å². The molecule has 1 aromatic carbocycles. The third-order valence-electron chi connectivity index (χ3n) is 5.14. The maximum atomic E-state index is 13.0. The van der Waals surface area contributed by atoms with Gasteiger partial charge in [0.25, 0.3) is 5.91 Å². The summed E-state index contributed by atoms with van der Waals surface area (Å²) in [6.07, 6.45) is -1.68. The summed E-state index contributed by atoms with van der Waals surface area (Å²) < 4.78 is 40.8. The summed E-state index contributed by atoms with van der Waals surface area (Å²) >= 11 is 5.94. The van der Waals surface area contributed by atoms with E-state index >= 15 is 0 Å². The molecular formula is C20H23ClF3N3O. The second-order valence-electron chi connectivity index (χ2n) is 7.56. The highest BCUT2D eigenvalue weighted by Gasteiger charge is 2.42. The van der Waals surface area contributed by atoms with Crippen molar-refractivity contribution in [2.24, 2.45) is 5.92 Å². The average molecular weight is 414 g/mol. The van der Waals surface area contributed by atoms with Gasteiger partial charge in [0, 0.05) is 11.1 Å². The van der Waals surface area contributed by atoms with Crippen LogP contribution in [-0.2, 0) is 0 Å². The van der Waals surface area contributed by atoms with E-state index in [1.54, 1.807) is 28.9 Å². The first kappa shape index (κ1) is 20.7. The third kappa shape index (κ3) is 4.51. The number of amides is 1. The molecule has 1 saturated carbocycles. The number of alkyl halides is 3. The largest absolute Gasteiger partial charge is 0.391 e. The van der Waals surface area contributed by atoms with E-state index in [4.69, 9.17) is 11.6 Å². The van der Waals surface area contributed by atoms with E-state index in [2.05, 4.69) is 10.4 Å². The first-order valence-electron chi connectivity index (χ1n) is 9.38.